The fourth-order valence-electron chi connectivity index (χ4n) is 3.94. The molecular formula is C18H28N2O2. The highest BCUT2D eigenvalue weighted by Gasteiger charge is 2.34. The maximum Gasteiger partial charge on any atom is 0.161 e. The first-order chi connectivity index (χ1) is 10.7. The number of nitrogens with zero attached hydrogens (tertiary/aromatic N) is 1. The van der Waals surface area contributed by atoms with Crippen molar-refractivity contribution in [3.05, 3.63) is 23.3 Å². The predicted octanol–water partition coefficient (Wildman–Crippen LogP) is 2.73. The van der Waals surface area contributed by atoms with Gasteiger partial charge in [0, 0.05) is 25.2 Å². The average molecular weight is 304 g/mol. The normalized spacial score (nSPS) is 25.0. The Morgan fingerprint density at radius 1 is 1.09 bits per heavy atom. The molecule has 0 saturated carbocycles. The van der Waals surface area contributed by atoms with Crippen molar-refractivity contribution in [2.45, 2.75) is 51.2 Å². The number of hydrogen-bond donors (Lipinski definition) is 1. The smallest absolute Gasteiger partial charge is 0.161 e. The molecular weight excluding hydrogens is 276 g/mol. The Morgan fingerprint density at radius 3 is 2.64 bits per heavy atom. The molecule has 3 rings (SSSR count). The number of benzene rings is 1. The van der Waals surface area contributed by atoms with Crippen molar-refractivity contribution in [3.8, 4) is 11.5 Å². The molecule has 2 atom stereocenters. The van der Waals surface area contributed by atoms with E-state index in [2.05, 4.69) is 29.3 Å². The third kappa shape index (κ3) is 3.08. The van der Waals surface area contributed by atoms with Crippen molar-refractivity contribution in [1.82, 2.24) is 10.2 Å². The number of fused-ring (bicyclic) bond motifs is 1. The lowest BCUT2D eigenvalue weighted by Crippen LogP contribution is -2.44. The Labute approximate surface area is 133 Å². The third-order valence-electron chi connectivity index (χ3n) is 5.25. The molecule has 0 aliphatic carbocycles. The van der Waals surface area contributed by atoms with Gasteiger partial charge >= 0.3 is 0 Å². The highest BCUT2D eigenvalue weighted by molar-refractivity contribution is 5.47. The zero-order chi connectivity index (χ0) is 15.5. The summed E-state index contributed by atoms with van der Waals surface area (Å²) < 4.78 is 10.8. The summed E-state index contributed by atoms with van der Waals surface area (Å²) in [6, 6.07) is 5.55. The standard InChI is InChI=1S/C18H28N2O2/c1-13-10-17(21-2)18(22-3)11-14(13)12-19-15-7-9-20-8-5-4-6-16(15)20/h10-11,15-16,19H,4-9,12H2,1-3H3/t15-,16+/m1/s1. The lowest BCUT2D eigenvalue weighted by Gasteiger charge is -2.32. The second-order valence-electron chi connectivity index (χ2n) is 6.51. The Bertz CT molecular complexity index is 518. The van der Waals surface area contributed by atoms with Crippen LogP contribution in [0.4, 0.5) is 0 Å². The topological polar surface area (TPSA) is 33.7 Å². The molecule has 0 aromatic heterocycles. The predicted molar refractivity (Wildman–Crippen MR) is 88.7 cm³/mol. The molecule has 0 bridgehead atoms. The summed E-state index contributed by atoms with van der Waals surface area (Å²) in [5.74, 6) is 1.62. The van der Waals surface area contributed by atoms with Gasteiger partial charge in [0.25, 0.3) is 0 Å². The van der Waals surface area contributed by atoms with Crippen LogP contribution >= 0.6 is 0 Å². The van der Waals surface area contributed by atoms with Gasteiger partial charge in [-0.25, -0.2) is 0 Å². The van der Waals surface area contributed by atoms with Gasteiger partial charge in [0.2, 0.25) is 0 Å². The molecule has 0 unspecified atom stereocenters. The molecule has 1 aromatic carbocycles. The van der Waals surface area contributed by atoms with Crippen LogP contribution in [0.1, 0.15) is 36.8 Å². The first-order valence-corrected chi connectivity index (χ1v) is 8.42. The number of nitrogens with one attached hydrogen (secondary N) is 1. The maximum absolute atomic E-state index is 5.43. The molecule has 22 heavy (non-hydrogen) atoms. The van der Waals surface area contributed by atoms with E-state index < -0.39 is 0 Å². The van der Waals surface area contributed by atoms with E-state index >= 15 is 0 Å². The van der Waals surface area contributed by atoms with Crippen LogP contribution in [-0.2, 0) is 6.54 Å². The van der Waals surface area contributed by atoms with Crippen LogP contribution in [0.3, 0.4) is 0 Å². The largest absolute Gasteiger partial charge is 0.493 e. The zero-order valence-corrected chi connectivity index (χ0v) is 14.0. The second-order valence-corrected chi connectivity index (χ2v) is 6.51. The van der Waals surface area contributed by atoms with Gasteiger partial charge in [-0.2, -0.15) is 0 Å². The van der Waals surface area contributed by atoms with Gasteiger partial charge in [0.15, 0.2) is 11.5 Å². The first kappa shape index (κ1) is 15.6. The molecule has 0 spiro atoms. The summed E-state index contributed by atoms with van der Waals surface area (Å²) in [6.07, 6.45) is 5.38. The fraction of sp³-hybridized carbons (Fsp3) is 0.667. The Hall–Kier alpha value is -1.26. The van der Waals surface area contributed by atoms with Gasteiger partial charge in [0.1, 0.15) is 0 Å². The average Bonchev–Trinajstić information content (AvgIpc) is 2.96. The van der Waals surface area contributed by atoms with Crippen LogP contribution in [0.15, 0.2) is 12.1 Å². The Morgan fingerprint density at radius 2 is 1.86 bits per heavy atom. The molecule has 2 aliphatic heterocycles. The van der Waals surface area contributed by atoms with Crippen LogP contribution in [0, 0.1) is 6.92 Å². The molecule has 0 amide bonds. The zero-order valence-electron chi connectivity index (χ0n) is 14.0. The molecule has 0 radical (unpaired) electrons. The summed E-state index contributed by atoms with van der Waals surface area (Å²) in [5.41, 5.74) is 2.55. The minimum absolute atomic E-state index is 0.632. The Kier molecular flexibility index (Phi) is 4.89. The van der Waals surface area contributed by atoms with Crippen LogP contribution < -0.4 is 14.8 Å². The van der Waals surface area contributed by atoms with E-state index in [1.165, 1.54) is 49.9 Å². The molecule has 4 nitrogen and oxygen atoms in total. The van der Waals surface area contributed by atoms with Gasteiger partial charge in [-0.3, -0.25) is 4.90 Å². The number of rotatable bonds is 5. The molecule has 1 aromatic rings. The van der Waals surface area contributed by atoms with Crippen molar-refractivity contribution in [2.24, 2.45) is 0 Å². The van der Waals surface area contributed by atoms with Crippen LogP contribution in [0.5, 0.6) is 11.5 Å². The molecule has 2 aliphatic rings. The van der Waals surface area contributed by atoms with E-state index in [1.807, 2.05) is 0 Å². The maximum atomic E-state index is 5.43. The van der Waals surface area contributed by atoms with E-state index in [0.29, 0.717) is 6.04 Å². The quantitative estimate of drug-likeness (QED) is 0.907. The molecule has 2 fully saturated rings. The minimum atomic E-state index is 0.632. The SMILES string of the molecule is COc1cc(C)c(CN[C@@H]2CCN3CCCC[C@@H]23)cc1OC. The van der Waals surface area contributed by atoms with Crippen LogP contribution in [0.25, 0.3) is 0 Å². The van der Waals surface area contributed by atoms with E-state index in [9.17, 15) is 0 Å². The number of methoxy groups -OCH3 is 2. The van der Waals surface area contributed by atoms with E-state index in [0.717, 1.165) is 24.1 Å². The van der Waals surface area contributed by atoms with Gasteiger partial charge < -0.3 is 14.8 Å². The molecule has 4 heteroatoms. The van der Waals surface area contributed by atoms with Crippen molar-refractivity contribution in [1.29, 1.82) is 0 Å². The van der Waals surface area contributed by atoms with Gasteiger partial charge in [-0.1, -0.05) is 6.42 Å². The molecule has 1 N–H and O–H groups in total. The third-order valence-corrected chi connectivity index (χ3v) is 5.25. The van der Waals surface area contributed by atoms with Crippen molar-refractivity contribution >= 4 is 0 Å². The number of ether oxygens (including phenoxy) is 2. The number of hydrogen-bond acceptors (Lipinski definition) is 4. The lowest BCUT2D eigenvalue weighted by atomic mass is 9.98. The summed E-state index contributed by atoms with van der Waals surface area (Å²) in [5, 5.41) is 3.79. The monoisotopic (exact) mass is 304 g/mol. The molecule has 122 valence electrons. The fourth-order valence-corrected chi connectivity index (χ4v) is 3.94. The van der Waals surface area contributed by atoms with Crippen molar-refractivity contribution in [2.75, 3.05) is 27.3 Å². The van der Waals surface area contributed by atoms with Gasteiger partial charge in [-0.05, 0) is 56.0 Å². The summed E-state index contributed by atoms with van der Waals surface area (Å²) in [4.78, 5) is 2.67. The number of piperidine rings is 1. The van der Waals surface area contributed by atoms with Crippen LogP contribution in [0.2, 0.25) is 0 Å². The molecule has 2 heterocycles. The van der Waals surface area contributed by atoms with Gasteiger partial charge in [0.05, 0.1) is 14.2 Å². The summed E-state index contributed by atoms with van der Waals surface area (Å²) in [6.45, 7) is 5.59. The Balaban J connectivity index is 1.66. The van der Waals surface area contributed by atoms with E-state index in [1.54, 1.807) is 14.2 Å². The molecule has 2 saturated heterocycles. The van der Waals surface area contributed by atoms with Crippen molar-refractivity contribution in [3.63, 3.8) is 0 Å². The lowest BCUT2D eigenvalue weighted by molar-refractivity contribution is 0.180. The van der Waals surface area contributed by atoms with Crippen molar-refractivity contribution < 1.29 is 9.47 Å². The highest BCUT2D eigenvalue weighted by atomic mass is 16.5. The summed E-state index contributed by atoms with van der Waals surface area (Å²) >= 11 is 0. The summed E-state index contributed by atoms with van der Waals surface area (Å²) in [7, 11) is 3.38. The minimum Gasteiger partial charge on any atom is -0.493 e. The first-order valence-electron chi connectivity index (χ1n) is 8.42. The highest BCUT2D eigenvalue weighted by Crippen LogP contribution is 2.31. The van der Waals surface area contributed by atoms with E-state index in [4.69, 9.17) is 9.47 Å². The van der Waals surface area contributed by atoms with Gasteiger partial charge in [-0.15, -0.1) is 0 Å². The van der Waals surface area contributed by atoms with Crippen LogP contribution in [-0.4, -0.2) is 44.3 Å². The second kappa shape index (κ2) is 6.88. The number of aryl methyl sites for hydroxylation is 1. The van der Waals surface area contributed by atoms with E-state index in [-0.39, 0.29) is 0 Å².